The van der Waals surface area contributed by atoms with Crippen LogP contribution in [0.4, 0.5) is 8.78 Å². The molecule has 0 spiro atoms. The molecule has 0 aromatic heterocycles. The first-order valence-electron chi connectivity index (χ1n) is 4.79. The van der Waals surface area contributed by atoms with Crippen LogP contribution < -0.4 is 0 Å². The van der Waals surface area contributed by atoms with E-state index in [0.717, 1.165) is 16.4 Å². The van der Waals surface area contributed by atoms with Gasteiger partial charge < -0.3 is 0 Å². The Kier molecular flexibility index (Phi) is 4.62. The molecule has 1 atom stereocenters. The number of rotatable bonds is 4. The van der Waals surface area contributed by atoms with E-state index in [1.807, 2.05) is 0 Å². The zero-order chi connectivity index (χ0) is 13.2. The summed E-state index contributed by atoms with van der Waals surface area (Å²) < 4.78 is 50.8. The number of nitrogens with zero attached hydrogens (tertiary/aromatic N) is 1. The molecule has 0 amide bonds. The summed E-state index contributed by atoms with van der Waals surface area (Å²) >= 11 is 3.17. The number of alkyl halides is 1. The molecule has 0 radical (unpaired) electrons. The summed E-state index contributed by atoms with van der Waals surface area (Å²) in [6.07, 6.45) is 0. The van der Waals surface area contributed by atoms with E-state index in [1.165, 1.54) is 7.05 Å². The summed E-state index contributed by atoms with van der Waals surface area (Å²) in [5, 5.41) is 0.451. The fourth-order valence-corrected chi connectivity index (χ4v) is 3.14. The molecule has 0 heterocycles. The van der Waals surface area contributed by atoms with Crippen LogP contribution in [-0.2, 0) is 10.0 Å². The van der Waals surface area contributed by atoms with Crippen molar-refractivity contribution in [2.24, 2.45) is 0 Å². The van der Waals surface area contributed by atoms with Crippen molar-refractivity contribution in [1.29, 1.82) is 0 Å². The van der Waals surface area contributed by atoms with E-state index in [9.17, 15) is 17.2 Å². The van der Waals surface area contributed by atoms with Crippen LogP contribution in [0.2, 0.25) is 0 Å². The van der Waals surface area contributed by atoms with Crippen LogP contribution >= 0.6 is 15.9 Å². The lowest BCUT2D eigenvalue weighted by molar-refractivity contribution is 0.415. The van der Waals surface area contributed by atoms with Crippen molar-refractivity contribution in [3.05, 3.63) is 29.8 Å². The molecule has 96 valence electrons. The molecule has 0 saturated heterocycles. The average Bonchev–Trinajstić information content (AvgIpc) is 2.30. The van der Waals surface area contributed by atoms with Crippen molar-refractivity contribution < 1.29 is 17.2 Å². The Morgan fingerprint density at radius 1 is 1.35 bits per heavy atom. The van der Waals surface area contributed by atoms with Crippen molar-refractivity contribution in [3.8, 4) is 0 Å². The third-order valence-corrected chi connectivity index (χ3v) is 5.32. The van der Waals surface area contributed by atoms with Gasteiger partial charge in [-0.2, -0.15) is 4.31 Å². The van der Waals surface area contributed by atoms with Gasteiger partial charge in [0.15, 0.2) is 11.6 Å². The molecule has 0 bridgehead atoms. The second-order valence-corrected chi connectivity index (χ2v) is 6.25. The van der Waals surface area contributed by atoms with Crippen LogP contribution in [0.25, 0.3) is 0 Å². The molecular weight excluding hydrogens is 316 g/mol. The van der Waals surface area contributed by atoms with E-state index >= 15 is 0 Å². The predicted molar refractivity (Wildman–Crippen MR) is 64.6 cm³/mol. The summed E-state index contributed by atoms with van der Waals surface area (Å²) in [6.45, 7) is 1.70. The minimum Gasteiger partial charge on any atom is -0.207 e. The lowest BCUT2D eigenvalue weighted by Crippen LogP contribution is -2.36. The molecule has 1 aromatic rings. The molecule has 0 aliphatic heterocycles. The zero-order valence-corrected chi connectivity index (χ0v) is 11.7. The molecule has 0 fully saturated rings. The van der Waals surface area contributed by atoms with Crippen LogP contribution in [0, 0.1) is 11.6 Å². The van der Waals surface area contributed by atoms with Crippen molar-refractivity contribution in [2.45, 2.75) is 17.9 Å². The van der Waals surface area contributed by atoms with Gasteiger partial charge in [0.25, 0.3) is 0 Å². The Balaban J connectivity index is 3.17. The van der Waals surface area contributed by atoms with E-state index in [0.29, 0.717) is 11.4 Å². The fraction of sp³-hybridized carbons (Fsp3) is 0.400. The summed E-state index contributed by atoms with van der Waals surface area (Å²) in [7, 11) is -2.40. The predicted octanol–water partition coefficient (Wildman–Crippen LogP) is 2.37. The van der Waals surface area contributed by atoms with Crippen molar-refractivity contribution in [1.82, 2.24) is 4.31 Å². The van der Waals surface area contributed by atoms with Crippen molar-refractivity contribution in [2.75, 3.05) is 12.4 Å². The SMILES string of the molecule is CC(CBr)N(C)S(=O)(=O)c1ccc(F)c(F)c1. The van der Waals surface area contributed by atoms with E-state index in [4.69, 9.17) is 0 Å². The van der Waals surface area contributed by atoms with Crippen LogP contribution in [0.15, 0.2) is 23.1 Å². The lowest BCUT2D eigenvalue weighted by Gasteiger charge is -2.22. The first-order chi connectivity index (χ1) is 7.80. The van der Waals surface area contributed by atoms with Gasteiger partial charge in [-0.15, -0.1) is 0 Å². The Hall–Kier alpha value is -0.530. The normalized spacial score (nSPS) is 14.0. The van der Waals surface area contributed by atoms with E-state index in [-0.39, 0.29) is 10.9 Å². The lowest BCUT2D eigenvalue weighted by atomic mass is 10.3. The van der Waals surface area contributed by atoms with Gasteiger partial charge in [-0.05, 0) is 25.1 Å². The summed E-state index contributed by atoms with van der Waals surface area (Å²) in [5.74, 6) is -2.24. The summed E-state index contributed by atoms with van der Waals surface area (Å²) in [5.41, 5.74) is 0. The Labute approximate surface area is 108 Å². The molecule has 17 heavy (non-hydrogen) atoms. The largest absolute Gasteiger partial charge is 0.243 e. The van der Waals surface area contributed by atoms with Crippen LogP contribution in [0.5, 0.6) is 0 Å². The molecule has 0 saturated carbocycles. The zero-order valence-electron chi connectivity index (χ0n) is 9.32. The summed E-state index contributed by atoms with van der Waals surface area (Å²) in [4.78, 5) is -0.258. The monoisotopic (exact) mass is 327 g/mol. The first-order valence-corrected chi connectivity index (χ1v) is 7.36. The molecule has 0 aliphatic carbocycles. The molecular formula is C10H12BrF2NO2S. The van der Waals surface area contributed by atoms with E-state index in [2.05, 4.69) is 15.9 Å². The minimum absolute atomic E-state index is 0.258. The molecule has 0 N–H and O–H groups in total. The van der Waals surface area contributed by atoms with Gasteiger partial charge in [-0.25, -0.2) is 17.2 Å². The standard InChI is InChI=1S/C10H12BrF2NO2S/c1-7(6-11)14(2)17(15,16)8-3-4-9(12)10(13)5-8/h3-5,7H,6H2,1-2H3. The molecule has 1 unspecified atom stereocenters. The van der Waals surface area contributed by atoms with Crippen molar-refractivity contribution >= 4 is 26.0 Å². The van der Waals surface area contributed by atoms with Gasteiger partial charge in [0, 0.05) is 18.4 Å². The molecule has 1 rings (SSSR count). The number of hydrogen-bond donors (Lipinski definition) is 0. The highest BCUT2D eigenvalue weighted by Gasteiger charge is 2.25. The van der Waals surface area contributed by atoms with Gasteiger partial charge in [0.2, 0.25) is 10.0 Å². The molecule has 7 heteroatoms. The maximum Gasteiger partial charge on any atom is 0.243 e. The maximum absolute atomic E-state index is 13.0. The molecule has 0 aliphatic rings. The average molecular weight is 328 g/mol. The smallest absolute Gasteiger partial charge is 0.207 e. The third-order valence-electron chi connectivity index (χ3n) is 2.41. The Bertz CT molecular complexity index is 507. The van der Waals surface area contributed by atoms with Gasteiger partial charge >= 0.3 is 0 Å². The second-order valence-electron chi connectivity index (χ2n) is 3.60. The Morgan fingerprint density at radius 2 is 1.94 bits per heavy atom. The highest BCUT2D eigenvalue weighted by Crippen LogP contribution is 2.19. The Morgan fingerprint density at radius 3 is 2.41 bits per heavy atom. The van der Waals surface area contributed by atoms with Crippen LogP contribution in [-0.4, -0.2) is 31.1 Å². The van der Waals surface area contributed by atoms with Crippen LogP contribution in [0.3, 0.4) is 0 Å². The maximum atomic E-state index is 13.0. The number of hydrogen-bond acceptors (Lipinski definition) is 2. The number of sulfonamides is 1. The number of halogens is 3. The summed E-state index contributed by atoms with van der Waals surface area (Å²) in [6, 6.07) is 2.25. The second kappa shape index (κ2) is 5.41. The highest BCUT2D eigenvalue weighted by atomic mass is 79.9. The molecule has 1 aromatic carbocycles. The van der Waals surface area contributed by atoms with Gasteiger partial charge in [-0.3, -0.25) is 0 Å². The van der Waals surface area contributed by atoms with Gasteiger partial charge in [0.05, 0.1) is 4.90 Å². The van der Waals surface area contributed by atoms with E-state index < -0.39 is 21.7 Å². The van der Waals surface area contributed by atoms with Crippen molar-refractivity contribution in [3.63, 3.8) is 0 Å². The van der Waals surface area contributed by atoms with E-state index in [1.54, 1.807) is 6.92 Å². The highest BCUT2D eigenvalue weighted by molar-refractivity contribution is 9.09. The number of benzene rings is 1. The van der Waals surface area contributed by atoms with Gasteiger partial charge in [-0.1, -0.05) is 15.9 Å². The van der Waals surface area contributed by atoms with Gasteiger partial charge in [0.1, 0.15) is 0 Å². The third kappa shape index (κ3) is 3.02. The first kappa shape index (κ1) is 14.5. The molecule has 3 nitrogen and oxygen atoms in total. The fourth-order valence-electron chi connectivity index (χ4n) is 1.14. The van der Waals surface area contributed by atoms with Crippen LogP contribution in [0.1, 0.15) is 6.92 Å². The quantitative estimate of drug-likeness (QED) is 0.796. The minimum atomic E-state index is -3.79. The topological polar surface area (TPSA) is 37.4 Å².